The number of rotatable bonds is 8. The summed E-state index contributed by atoms with van der Waals surface area (Å²) in [6.07, 6.45) is 8.20. The lowest BCUT2D eigenvalue weighted by Gasteiger charge is -2.32. The third kappa shape index (κ3) is 5.65. The van der Waals surface area contributed by atoms with Crippen LogP contribution in [0.25, 0.3) is 0 Å². The number of ether oxygens (including phenoxy) is 1. The van der Waals surface area contributed by atoms with Crippen molar-refractivity contribution in [2.75, 3.05) is 26.2 Å². The average Bonchev–Trinajstić information content (AvgIpc) is 3.48. The van der Waals surface area contributed by atoms with Crippen molar-refractivity contribution in [2.24, 2.45) is 11.8 Å². The van der Waals surface area contributed by atoms with Crippen molar-refractivity contribution in [3.05, 3.63) is 29.8 Å². The van der Waals surface area contributed by atoms with Crippen LogP contribution in [-0.4, -0.2) is 37.2 Å². The van der Waals surface area contributed by atoms with E-state index in [0.29, 0.717) is 0 Å². The Morgan fingerprint density at radius 1 is 0.917 bits per heavy atom. The van der Waals surface area contributed by atoms with E-state index in [1.54, 1.807) is 0 Å². The Morgan fingerprint density at radius 3 is 2.21 bits per heavy atom. The molecule has 134 valence electrons. The number of hydrogen-bond acceptors (Lipinski definition) is 3. The van der Waals surface area contributed by atoms with Gasteiger partial charge in [-0.05, 0) is 87.7 Å². The fourth-order valence-electron chi connectivity index (χ4n) is 3.40. The van der Waals surface area contributed by atoms with E-state index in [1.807, 2.05) is 0 Å². The minimum absolute atomic E-state index is 0. The molecule has 1 aliphatic heterocycles. The van der Waals surface area contributed by atoms with Crippen LogP contribution in [0.15, 0.2) is 24.3 Å². The van der Waals surface area contributed by atoms with Crippen molar-refractivity contribution in [1.82, 2.24) is 10.2 Å². The summed E-state index contributed by atoms with van der Waals surface area (Å²) in [5.74, 6) is 2.85. The first-order valence-electron chi connectivity index (χ1n) is 9.52. The van der Waals surface area contributed by atoms with E-state index in [1.165, 1.54) is 63.7 Å². The van der Waals surface area contributed by atoms with E-state index in [9.17, 15) is 0 Å². The third-order valence-electron chi connectivity index (χ3n) is 5.49. The molecule has 3 aliphatic rings. The molecule has 1 aromatic rings. The first-order valence-corrected chi connectivity index (χ1v) is 9.52. The lowest BCUT2D eigenvalue weighted by Crippen LogP contribution is -2.42. The van der Waals surface area contributed by atoms with E-state index < -0.39 is 0 Å². The van der Waals surface area contributed by atoms with Gasteiger partial charge in [0.2, 0.25) is 0 Å². The third-order valence-corrected chi connectivity index (χ3v) is 5.49. The van der Waals surface area contributed by atoms with Crippen LogP contribution in [-0.2, 0) is 6.54 Å². The number of likely N-dealkylation sites (tertiary alicyclic amines) is 1. The summed E-state index contributed by atoms with van der Waals surface area (Å²) in [5, 5.41) is 3.76. The number of halogens is 1. The summed E-state index contributed by atoms with van der Waals surface area (Å²) >= 11 is 0. The molecule has 0 radical (unpaired) electrons. The highest BCUT2D eigenvalue weighted by Gasteiger charge is 2.24. The van der Waals surface area contributed by atoms with E-state index in [4.69, 9.17) is 4.74 Å². The van der Waals surface area contributed by atoms with E-state index >= 15 is 0 Å². The molecule has 24 heavy (non-hydrogen) atoms. The van der Waals surface area contributed by atoms with Crippen molar-refractivity contribution in [3.63, 3.8) is 0 Å². The van der Waals surface area contributed by atoms with Gasteiger partial charge in [0.05, 0.1) is 6.61 Å². The van der Waals surface area contributed by atoms with E-state index in [0.717, 1.165) is 36.8 Å². The lowest BCUT2D eigenvalue weighted by atomic mass is 10.0. The van der Waals surface area contributed by atoms with Crippen LogP contribution in [0.1, 0.15) is 44.1 Å². The Morgan fingerprint density at radius 2 is 1.58 bits per heavy atom. The second-order valence-corrected chi connectivity index (χ2v) is 7.80. The van der Waals surface area contributed by atoms with E-state index in [-0.39, 0.29) is 12.4 Å². The maximum atomic E-state index is 5.82. The molecule has 1 heterocycles. The monoisotopic (exact) mass is 350 g/mol. The molecule has 1 aromatic carbocycles. The quantitative estimate of drug-likeness (QED) is 0.770. The van der Waals surface area contributed by atoms with Gasteiger partial charge < -0.3 is 10.1 Å². The zero-order valence-electron chi connectivity index (χ0n) is 14.6. The Labute approximate surface area is 152 Å². The largest absolute Gasteiger partial charge is 0.493 e. The molecule has 3 nitrogen and oxygen atoms in total. The minimum atomic E-state index is 0. The highest BCUT2D eigenvalue weighted by Crippen LogP contribution is 2.30. The summed E-state index contributed by atoms with van der Waals surface area (Å²) in [4.78, 5) is 2.59. The van der Waals surface area contributed by atoms with Crippen LogP contribution in [0.4, 0.5) is 0 Å². The molecule has 0 aromatic heterocycles. The predicted octanol–water partition coefficient (Wildman–Crippen LogP) is 3.86. The molecule has 1 saturated heterocycles. The molecule has 4 rings (SSSR count). The van der Waals surface area contributed by atoms with Crippen molar-refractivity contribution >= 4 is 12.4 Å². The molecule has 2 saturated carbocycles. The van der Waals surface area contributed by atoms with Gasteiger partial charge in [0.1, 0.15) is 5.75 Å². The first kappa shape index (κ1) is 18.0. The van der Waals surface area contributed by atoms with Gasteiger partial charge in [-0.3, -0.25) is 4.90 Å². The molecule has 1 N–H and O–H groups in total. The molecule has 2 aliphatic carbocycles. The average molecular weight is 351 g/mol. The summed E-state index contributed by atoms with van der Waals surface area (Å²) in [6, 6.07) is 9.51. The smallest absolute Gasteiger partial charge is 0.119 e. The second kappa shape index (κ2) is 8.55. The van der Waals surface area contributed by atoms with Crippen LogP contribution in [0.2, 0.25) is 0 Å². The molecule has 0 unspecified atom stereocenters. The molecule has 0 atom stereocenters. The Hall–Kier alpha value is -0.770. The maximum Gasteiger partial charge on any atom is 0.119 e. The maximum absolute atomic E-state index is 5.82. The van der Waals surface area contributed by atoms with E-state index in [2.05, 4.69) is 34.5 Å². The van der Waals surface area contributed by atoms with Crippen LogP contribution in [0, 0.1) is 11.8 Å². The topological polar surface area (TPSA) is 24.5 Å². The lowest BCUT2D eigenvalue weighted by molar-refractivity contribution is 0.190. The van der Waals surface area contributed by atoms with Gasteiger partial charge >= 0.3 is 0 Å². The number of benzene rings is 1. The number of hydrogen-bond donors (Lipinski definition) is 1. The van der Waals surface area contributed by atoms with Crippen molar-refractivity contribution in [2.45, 2.75) is 51.1 Å². The van der Waals surface area contributed by atoms with Gasteiger partial charge in [-0.25, -0.2) is 0 Å². The summed E-state index contributed by atoms with van der Waals surface area (Å²) in [6.45, 7) is 5.69. The van der Waals surface area contributed by atoms with Crippen LogP contribution >= 0.6 is 12.4 Å². The zero-order chi connectivity index (χ0) is 15.5. The van der Waals surface area contributed by atoms with Crippen molar-refractivity contribution in [1.29, 1.82) is 0 Å². The fourth-order valence-corrected chi connectivity index (χ4v) is 3.40. The van der Waals surface area contributed by atoms with Gasteiger partial charge in [0.25, 0.3) is 0 Å². The predicted molar refractivity (Wildman–Crippen MR) is 101 cm³/mol. The molecule has 3 fully saturated rings. The fraction of sp³-hybridized carbons (Fsp3) is 0.700. The Bertz CT molecular complexity index is 491. The molecule has 0 amide bonds. The van der Waals surface area contributed by atoms with Crippen LogP contribution in [0.5, 0.6) is 5.75 Å². The number of nitrogens with zero attached hydrogens (tertiary/aromatic N) is 1. The first-order chi connectivity index (χ1) is 11.3. The van der Waals surface area contributed by atoms with Gasteiger partial charge in [-0.1, -0.05) is 12.1 Å². The van der Waals surface area contributed by atoms with Crippen LogP contribution < -0.4 is 10.1 Å². The van der Waals surface area contributed by atoms with Crippen molar-refractivity contribution < 1.29 is 4.74 Å². The molecule has 0 bridgehead atoms. The highest BCUT2D eigenvalue weighted by atomic mass is 35.5. The van der Waals surface area contributed by atoms with Gasteiger partial charge in [-0.2, -0.15) is 0 Å². The Kier molecular flexibility index (Phi) is 6.43. The highest BCUT2D eigenvalue weighted by molar-refractivity contribution is 5.85. The standard InChI is InChI=1S/C20H30N2O.ClH/c1-2-16(1)13-21-19-9-11-22(12-10-19)14-17-5-7-20(8-6-17)23-15-18-3-4-18;/h5-8,16,18-19,21H,1-4,9-15H2;1H. The summed E-state index contributed by atoms with van der Waals surface area (Å²) < 4.78 is 5.82. The number of piperidine rings is 1. The van der Waals surface area contributed by atoms with Crippen molar-refractivity contribution in [3.8, 4) is 5.75 Å². The molecule has 0 spiro atoms. The van der Waals surface area contributed by atoms with Gasteiger partial charge in [-0.15, -0.1) is 12.4 Å². The minimum Gasteiger partial charge on any atom is -0.493 e. The molecular weight excluding hydrogens is 320 g/mol. The number of nitrogens with one attached hydrogen (secondary N) is 1. The Balaban J connectivity index is 0.00000169. The second-order valence-electron chi connectivity index (χ2n) is 7.80. The SMILES string of the molecule is Cl.c1cc(OCC2CC2)ccc1CN1CCC(NCC2CC2)CC1. The zero-order valence-corrected chi connectivity index (χ0v) is 15.4. The summed E-state index contributed by atoms with van der Waals surface area (Å²) in [5.41, 5.74) is 1.41. The molecule has 4 heteroatoms. The molecular formula is C20H31ClN2O. The normalized spacial score (nSPS) is 22.2. The summed E-state index contributed by atoms with van der Waals surface area (Å²) in [7, 11) is 0. The van der Waals surface area contributed by atoms with Crippen LogP contribution in [0.3, 0.4) is 0 Å². The van der Waals surface area contributed by atoms with Gasteiger partial charge in [0.15, 0.2) is 0 Å². The van der Waals surface area contributed by atoms with Gasteiger partial charge in [0, 0.05) is 12.6 Å².